The van der Waals surface area contributed by atoms with Crippen molar-refractivity contribution in [2.24, 2.45) is 4.99 Å². The monoisotopic (exact) mass is 279 g/mol. The van der Waals surface area contributed by atoms with Gasteiger partial charge in [0.2, 0.25) is 12.9 Å². The summed E-state index contributed by atoms with van der Waals surface area (Å²) in [6, 6.07) is 1.64. The summed E-state index contributed by atoms with van der Waals surface area (Å²) in [5.74, 6) is 0.801. The van der Waals surface area contributed by atoms with Crippen molar-refractivity contribution in [3.05, 3.63) is 22.2 Å². The molecule has 2 aliphatic rings. The first-order valence-electron chi connectivity index (χ1n) is 5.88. The highest BCUT2D eigenvalue weighted by Gasteiger charge is 2.43. The van der Waals surface area contributed by atoms with Gasteiger partial charge in [-0.1, -0.05) is 11.6 Å². The average molecular weight is 280 g/mol. The van der Waals surface area contributed by atoms with Crippen molar-refractivity contribution >= 4 is 24.0 Å². The summed E-state index contributed by atoms with van der Waals surface area (Å²) in [5.41, 5.74) is 0.331. The second kappa shape index (κ2) is 4.37. The van der Waals surface area contributed by atoms with E-state index in [4.69, 9.17) is 21.1 Å². The van der Waals surface area contributed by atoms with Crippen molar-refractivity contribution in [2.75, 3.05) is 6.79 Å². The van der Waals surface area contributed by atoms with Crippen molar-refractivity contribution < 1.29 is 19.1 Å². The Hall–Kier alpha value is -1.84. The van der Waals surface area contributed by atoms with Gasteiger partial charge in [0.1, 0.15) is 5.54 Å². The minimum absolute atomic E-state index is 0.0321. The van der Waals surface area contributed by atoms with Crippen LogP contribution in [0.25, 0.3) is 0 Å². The fourth-order valence-corrected chi connectivity index (χ4v) is 2.79. The van der Waals surface area contributed by atoms with E-state index in [2.05, 4.69) is 4.99 Å². The number of nitrogens with zero attached hydrogens (tertiary/aromatic N) is 1. The van der Waals surface area contributed by atoms with E-state index >= 15 is 0 Å². The maximum absolute atomic E-state index is 11.1. The van der Waals surface area contributed by atoms with E-state index in [1.54, 1.807) is 12.1 Å². The predicted octanol–water partition coefficient (Wildman–Crippen LogP) is 2.60. The quantitative estimate of drug-likeness (QED) is 0.485. The van der Waals surface area contributed by atoms with Gasteiger partial charge in [-0.15, -0.1) is 0 Å². The van der Waals surface area contributed by atoms with Crippen molar-refractivity contribution in [1.29, 1.82) is 0 Å². The summed E-state index contributed by atoms with van der Waals surface area (Å²) >= 11 is 6.09. The molecule has 1 aliphatic heterocycles. The van der Waals surface area contributed by atoms with Crippen molar-refractivity contribution in [2.45, 2.75) is 24.8 Å². The van der Waals surface area contributed by atoms with Crippen LogP contribution in [0.4, 0.5) is 0 Å². The van der Waals surface area contributed by atoms with Gasteiger partial charge in [-0.2, -0.15) is 4.99 Å². The second-order valence-electron chi connectivity index (χ2n) is 4.59. The molecule has 3 rings (SSSR count). The summed E-state index contributed by atoms with van der Waals surface area (Å²) in [6.45, 7) is 0.0321. The fourth-order valence-electron chi connectivity index (χ4n) is 2.55. The Bertz CT molecular complexity index is 603. The van der Waals surface area contributed by atoms with Gasteiger partial charge in [0.05, 0.1) is 10.6 Å². The Morgan fingerprint density at radius 2 is 2.11 bits per heavy atom. The first kappa shape index (κ1) is 12.2. The smallest absolute Gasteiger partial charge is 0.235 e. The van der Waals surface area contributed by atoms with Crippen LogP contribution in [-0.4, -0.2) is 19.2 Å². The predicted molar refractivity (Wildman–Crippen MR) is 66.6 cm³/mol. The zero-order valence-electron chi connectivity index (χ0n) is 9.94. The zero-order chi connectivity index (χ0) is 13.5. The van der Waals surface area contributed by atoms with E-state index in [0.717, 1.165) is 19.3 Å². The summed E-state index contributed by atoms with van der Waals surface area (Å²) in [7, 11) is 0. The lowest BCUT2D eigenvalue weighted by molar-refractivity contribution is 0.111. The van der Waals surface area contributed by atoms with Crippen LogP contribution in [0.3, 0.4) is 0 Å². The number of benzene rings is 1. The Morgan fingerprint density at radius 1 is 1.37 bits per heavy atom. The third kappa shape index (κ3) is 1.66. The molecule has 0 radical (unpaired) electrons. The number of aldehydes is 1. The average Bonchev–Trinajstić information content (AvgIpc) is 2.82. The molecule has 98 valence electrons. The summed E-state index contributed by atoms with van der Waals surface area (Å²) < 4.78 is 10.7. The van der Waals surface area contributed by atoms with Crippen molar-refractivity contribution in [1.82, 2.24) is 0 Å². The lowest BCUT2D eigenvalue weighted by atomic mass is 9.72. The van der Waals surface area contributed by atoms with Crippen molar-refractivity contribution in [3.63, 3.8) is 0 Å². The maximum Gasteiger partial charge on any atom is 0.235 e. The molecule has 1 heterocycles. The Labute approximate surface area is 114 Å². The summed E-state index contributed by atoms with van der Waals surface area (Å²) in [4.78, 5) is 25.6. The van der Waals surface area contributed by atoms with E-state index in [0.29, 0.717) is 23.3 Å². The number of ether oxygens (including phenoxy) is 2. The van der Waals surface area contributed by atoms with Crippen LogP contribution in [0, 0.1) is 0 Å². The Morgan fingerprint density at radius 3 is 2.68 bits per heavy atom. The number of hydrogen-bond donors (Lipinski definition) is 0. The molecule has 0 saturated heterocycles. The lowest BCUT2D eigenvalue weighted by Crippen LogP contribution is -2.32. The molecular formula is C13H10ClNO4. The van der Waals surface area contributed by atoms with Crippen LogP contribution < -0.4 is 9.47 Å². The molecule has 1 saturated carbocycles. The zero-order valence-corrected chi connectivity index (χ0v) is 10.7. The van der Waals surface area contributed by atoms with Gasteiger partial charge in [-0.05, 0) is 25.3 Å². The SMILES string of the molecule is O=C=NC1(c2cc(Cl)c(C=O)c3c2OCO3)CCC1. The molecule has 0 aromatic heterocycles. The molecule has 1 aromatic carbocycles. The number of isocyanates is 1. The molecular weight excluding hydrogens is 270 g/mol. The molecule has 0 bridgehead atoms. The highest BCUT2D eigenvalue weighted by Crippen LogP contribution is 2.53. The molecule has 0 unspecified atom stereocenters. The summed E-state index contributed by atoms with van der Waals surface area (Å²) in [5, 5.41) is 0.279. The largest absolute Gasteiger partial charge is 0.453 e. The van der Waals surface area contributed by atoms with Gasteiger partial charge in [-0.25, -0.2) is 4.79 Å². The normalized spacial score (nSPS) is 18.4. The van der Waals surface area contributed by atoms with Crippen LogP contribution in [0.2, 0.25) is 5.02 Å². The molecule has 1 aliphatic carbocycles. The van der Waals surface area contributed by atoms with Crippen LogP contribution in [0.15, 0.2) is 11.1 Å². The van der Waals surface area contributed by atoms with E-state index in [1.165, 1.54) is 0 Å². The van der Waals surface area contributed by atoms with Crippen LogP contribution >= 0.6 is 11.6 Å². The van der Waals surface area contributed by atoms with Gasteiger partial charge in [0.25, 0.3) is 0 Å². The Kier molecular flexibility index (Phi) is 2.81. The van der Waals surface area contributed by atoms with Gasteiger partial charge >= 0.3 is 0 Å². The lowest BCUT2D eigenvalue weighted by Gasteiger charge is -2.37. The molecule has 1 fully saturated rings. The number of carbonyl (C=O) groups is 1. The van der Waals surface area contributed by atoms with E-state index in [1.807, 2.05) is 0 Å². The van der Waals surface area contributed by atoms with Crippen LogP contribution in [-0.2, 0) is 10.3 Å². The molecule has 1 aromatic rings. The number of halogens is 1. The standard InChI is InChI=1S/C13H10ClNO4/c14-10-4-9(13(15-6-17)2-1-3-13)12-11(8(10)5-16)18-7-19-12/h4-5H,1-3,7H2. The van der Waals surface area contributed by atoms with Crippen molar-refractivity contribution in [3.8, 4) is 11.5 Å². The van der Waals surface area contributed by atoms with Gasteiger partial charge in [-0.3, -0.25) is 4.79 Å². The number of hydrogen-bond acceptors (Lipinski definition) is 5. The topological polar surface area (TPSA) is 65.0 Å². The highest BCUT2D eigenvalue weighted by atomic mass is 35.5. The highest BCUT2D eigenvalue weighted by molar-refractivity contribution is 6.33. The number of fused-ring (bicyclic) bond motifs is 1. The summed E-state index contributed by atoms with van der Waals surface area (Å²) in [6.07, 6.45) is 4.68. The third-order valence-corrected chi connectivity index (χ3v) is 4.00. The Balaban J connectivity index is 2.23. The number of aliphatic imine (C=N–C) groups is 1. The van der Waals surface area contributed by atoms with E-state index in [-0.39, 0.29) is 17.4 Å². The van der Waals surface area contributed by atoms with E-state index < -0.39 is 5.54 Å². The minimum Gasteiger partial charge on any atom is -0.453 e. The van der Waals surface area contributed by atoms with Gasteiger partial charge in [0.15, 0.2) is 17.8 Å². The second-order valence-corrected chi connectivity index (χ2v) is 5.00. The number of rotatable bonds is 3. The molecule has 0 amide bonds. The molecule has 0 atom stereocenters. The molecule has 6 heteroatoms. The number of carbonyl (C=O) groups excluding carboxylic acids is 2. The fraction of sp³-hybridized carbons (Fsp3) is 0.385. The van der Waals surface area contributed by atoms with Gasteiger partial charge < -0.3 is 9.47 Å². The first-order valence-corrected chi connectivity index (χ1v) is 6.26. The third-order valence-electron chi connectivity index (χ3n) is 3.69. The molecule has 5 nitrogen and oxygen atoms in total. The maximum atomic E-state index is 11.1. The van der Waals surface area contributed by atoms with E-state index in [9.17, 15) is 9.59 Å². The molecule has 19 heavy (non-hydrogen) atoms. The van der Waals surface area contributed by atoms with Crippen LogP contribution in [0.5, 0.6) is 11.5 Å². The van der Waals surface area contributed by atoms with Crippen LogP contribution in [0.1, 0.15) is 35.2 Å². The first-order chi connectivity index (χ1) is 9.22. The minimum atomic E-state index is -0.634. The van der Waals surface area contributed by atoms with Gasteiger partial charge in [0, 0.05) is 5.56 Å². The molecule has 0 spiro atoms. The molecule has 0 N–H and O–H groups in total.